The first kappa shape index (κ1) is 15.2. The summed E-state index contributed by atoms with van der Waals surface area (Å²) in [6.45, 7) is 6.31. The van der Waals surface area contributed by atoms with Gasteiger partial charge in [0.2, 0.25) is 0 Å². The molecule has 0 bridgehead atoms. The zero-order valence-corrected chi connectivity index (χ0v) is 12.1. The van der Waals surface area contributed by atoms with Crippen LogP contribution in [0.1, 0.15) is 32.3 Å². The molecule has 0 radical (unpaired) electrons. The molecule has 0 fully saturated rings. The lowest BCUT2D eigenvalue weighted by Gasteiger charge is -2.12. The van der Waals surface area contributed by atoms with Gasteiger partial charge >= 0.3 is 6.09 Å². The molecule has 0 atom stereocenters. The van der Waals surface area contributed by atoms with Crippen LogP contribution in [0, 0.1) is 0 Å². The van der Waals surface area contributed by atoms with E-state index in [1.54, 1.807) is 6.92 Å². The Hall–Kier alpha value is -1.82. The van der Waals surface area contributed by atoms with Crippen LogP contribution in [0.5, 0.6) is 0 Å². The number of carbonyl (C=O) groups is 1. The van der Waals surface area contributed by atoms with Crippen molar-refractivity contribution in [1.29, 1.82) is 0 Å². The highest BCUT2D eigenvalue weighted by molar-refractivity contribution is 7.80. The molecule has 0 aromatic heterocycles. The van der Waals surface area contributed by atoms with Crippen molar-refractivity contribution in [1.82, 2.24) is 10.9 Å². The topological polar surface area (TPSA) is 62.4 Å². The smallest absolute Gasteiger partial charge is 0.425 e. The van der Waals surface area contributed by atoms with Crippen molar-refractivity contribution >= 4 is 29.1 Å². The Kier molecular flexibility index (Phi) is 6.08. The standard InChI is InChI=1S/C13H19N3O2S/c1-4-18-13(17)16-15-12(19)14-11-7-5-10(6-8-11)9(2)3/h5-9H,4H2,1-3H3,(H,16,17)(H2,14,15,19). The highest BCUT2D eigenvalue weighted by Crippen LogP contribution is 2.16. The predicted octanol–water partition coefficient (Wildman–Crippen LogP) is 2.76. The molecule has 0 saturated heterocycles. The number of amides is 1. The molecule has 1 aromatic carbocycles. The molecular formula is C13H19N3O2S. The molecule has 0 aliphatic carbocycles. The van der Waals surface area contributed by atoms with Gasteiger partial charge in [0.15, 0.2) is 5.11 Å². The van der Waals surface area contributed by atoms with Crippen molar-refractivity contribution in [3.8, 4) is 0 Å². The second-order valence-electron chi connectivity index (χ2n) is 4.20. The Balaban J connectivity index is 2.42. The number of rotatable bonds is 3. The average molecular weight is 281 g/mol. The van der Waals surface area contributed by atoms with Crippen LogP contribution in [0.3, 0.4) is 0 Å². The fraction of sp³-hybridized carbons (Fsp3) is 0.385. The van der Waals surface area contributed by atoms with Gasteiger partial charge in [0.25, 0.3) is 0 Å². The molecule has 0 aliphatic heterocycles. The second-order valence-corrected chi connectivity index (χ2v) is 4.61. The third kappa shape index (κ3) is 5.56. The summed E-state index contributed by atoms with van der Waals surface area (Å²) < 4.78 is 4.68. The minimum absolute atomic E-state index is 0.297. The number of ether oxygens (including phenoxy) is 1. The zero-order valence-electron chi connectivity index (χ0n) is 11.3. The van der Waals surface area contributed by atoms with Crippen LogP contribution in [0.4, 0.5) is 10.5 Å². The number of hydrazine groups is 1. The molecule has 0 unspecified atom stereocenters. The van der Waals surface area contributed by atoms with Crippen molar-refractivity contribution in [3.05, 3.63) is 29.8 Å². The molecule has 0 heterocycles. The predicted molar refractivity (Wildman–Crippen MR) is 80.0 cm³/mol. The average Bonchev–Trinajstić information content (AvgIpc) is 2.37. The summed E-state index contributed by atoms with van der Waals surface area (Å²) in [5.41, 5.74) is 6.98. The van der Waals surface area contributed by atoms with E-state index in [4.69, 9.17) is 12.2 Å². The second kappa shape index (κ2) is 7.58. The lowest BCUT2D eigenvalue weighted by atomic mass is 10.0. The van der Waals surface area contributed by atoms with Gasteiger partial charge in [-0.2, -0.15) is 0 Å². The monoisotopic (exact) mass is 281 g/mol. The number of nitrogens with one attached hydrogen (secondary N) is 3. The Morgan fingerprint density at radius 2 is 1.89 bits per heavy atom. The van der Waals surface area contributed by atoms with Gasteiger partial charge in [0, 0.05) is 5.69 Å². The summed E-state index contributed by atoms with van der Waals surface area (Å²) in [5, 5.41) is 3.25. The van der Waals surface area contributed by atoms with Crippen LogP contribution in [0.15, 0.2) is 24.3 Å². The largest absolute Gasteiger partial charge is 0.449 e. The summed E-state index contributed by atoms with van der Waals surface area (Å²) in [5.74, 6) is 0.490. The van der Waals surface area contributed by atoms with Crippen molar-refractivity contribution < 1.29 is 9.53 Å². The number of thiocarbonyl (C=S) groups is 1. The van der Waals surface area contributed by atoms with Gasteiger partial charge in [-0.3, -0.25) is 5.43 Å². The molecule has 0 saturated carbocycles. The van der Waals surface area contributed by atoms with Gasteiger partial charge in [-0.1, -0.05) is 26.0 Å². The van der Waals surface area contributed by atoms with E-state index in [9.17, 15) is 4.79 Å². The molecule has 3 N–H and O–H groups in total. The third-order valence-electron chi connectivity index (χ3n) is 2.39. The minimum atomic E-state index is -0.568. The normalized spacial score (nSPS) is 9.89. The third-order valence-corrected chi connectivity index (χ3v) is 2.59. The molecular weight excluding hydrogens is 262 g/mol. The first-order chi connectivity index (χ1) is 9.02. The highest BCUT2D eigenvalue weighted by atomic mass is 32.1. The van der Waals surface area contributed by atoms with Crippen molar-refractivity contribution in [2.24, 2.45) is 0 Å². The van der Waals surface area contributed by atoms with Gasteiger partial charge in [-0.25, -0.2) is 10.2 Å². The van der Waals surface area contributed by atoms with E-state index < -0.39 is 6.09 Å². The molecule has 1 rings (SSSR count). The highest BCUT2D eigenvalue weighted by Gasteiger charge is 2.02. The molecule has 5 nitrogen and oxygen atoms in total. The van der Waals surface area contributed by atoms with E-state index in [1.165, 1.54) is 5.56 Å². The quantitative estimate of drug-likeness (QED) is 0.587. The van der Waals surface area contributed by atoms with Gasteiger partial charge < -0.3 is 10.1 Å². The van der Waals surface area contributed by atoms with Crippen LogP contribution >= 0.6 is 12.2 Å². The summed E-state index contributed by atoms with van der Waals surface area (Å²) in [6, 6.07) is 7.95. The molecule has 0 spiro atoms. The summed E-state index contributed by atoms with van der Waals surface area (Å²) in [6.07, 6.45) is -0.568. The first-order valence-corrected chi connectivity index (χ1v) is 6.53. The number of anilines is 1. The van der Waals surface area contributed by atoms with E-state index in [1.807, 2.05) is 24.3 Å². The molecule has 0 aliphatic rings. The Labute approximate surface area is 118 Å². The van der Waals surface area contributed by atoms with Crippen LogP contribution in [-0.2, 0) is 4.74 Å². The Morgan fingerprint density at radius 1 is 1.26 bits per heavy atom. The molecule has 1 aromatic rings. The maximum absolute atomic E-state index is 11.0. The fourth-order valence-electron chi connectivity index (χ4n) is 1.39. The summed E-state index contributed by atoms with van der Waals surface area (Å²) in [7, 11) is 0. The lowest BCUT2D eigenvalue weighted by Crippen LogP contribution is -2.44. The van der Waals surface area contributed by atoms with E-state index >= 15 is 0 Å². The van der Waals surface area contributed by atoms with Crippen LogP contribution in [0.2, 0.25) is 0 Å². The van der Waals surface area contributed by atoms with E-state index in [2.05, 4.69) is 34.8 Å². The summed E-state index contributed by atoms with van der Waals surface area (Å²) in [4.78, 5) is 11.0. The first-order valence-electron chi connectivity index (χ1n) is 6.12. The molecule has 6 heteroatoms. The van der Waals surface area contributed by atoms with Gasteiger partial charge in [-0.05, 0) is 42.8 Å². The minimum Gasteiger partial charge on any atom is -0.449 e. The van der Waals surface area contributed by atoms with Gasteiger partial charge in [0.1, 0.15) is 0 Å². The SMILES string of the molecule is CCOC(=O)NNC(=S)Nc1ccc(C(C)C)cc1. The Bertz CT molecular complexity index is 432. The van der Waals surface area contributed by atoms with Crippen molar-refractivity contribution in [3.63, 3.8) is 0 Å². The van der Waals surface area contributed by atoms with E-state index in [0.717, 1.165) is 5.69 Å². The maximum Gasteiger partial charge on any atom is 0.425 e. The fourth-order valence-corrected chi connectivity index (χ4v) is 1.56. The van der Waals surface area contributed by atoms with E-state index in [0.29, 0.717) is 17.6 Å². The Morgan fingerprint density at radius 3 is 2.42 bits per heavy atom. The summed E-state index contributed by atoms with van der Waals surface area (Å²) >= 11 is 5.03. The van der Waals surface area contributed by atoms with Gasteiger partial charge in [-0.15, -0.1) is 0 Å². The molecule has 104 valence electrons. The number of carbonyl (C=O) groups excluding carboxylic acids is 1. The zero-order chi connectivity index (χ0) is 14.3. The number of benzene rings is 1. The number of hydrogen-bond donors (Lipinski definition) is 3. The lowest BCUT2D eigenvalue weighted by molar-refractivity contribution is 0.150. The van der Waals surface area contributed by atoms with Crippen molar-refractivity contribution in [2.45, 2.75) is 26.7 Å². The van der Waals surface area contributed by atoms with Gasteiger partial charge in [0.05, 0.1) is 6.61 Å². The number of hydrogen-bond acceptors (Lipinski definition) is 3. The van der Waals surface area contributed by atoms with Crippen LogP contribution in [0.25, 0.3) is 0 Å². The molecule has 19 heavy (non-hydrogen) atoms. The maximum atomic E-state index is 11.0. The van der Waals surface area contributed by atoms with Crippen molar-refractivity contribution in [2.75, 3.05) is 11.9 Å². The van der Waals surface area contributed by atoms with Crippen LogP contribution < -0.4 is 16.2 Å². The molecule has 1 amide bonds. The van der Waals surface area contributed by atoms with Crippen LogP contribution in [-0.4, -0.2) is 17.8 Å². The van der Waals surface area contributed by atoms with E-state index in [-0.39, 0.29) is 0 Å².